The fraction of sp³-hybridized carbons (Fsp3) is 0.619. The second kappa shape index (κ2) is 8.51. The lowest BCUT2D eigenvalue weighted by Gasteiger charge is -2.33. The summed E-state index contributed by atoms with van der Waals surface area (Å²) in [5.74, 6) is 1.11. The number of hydrogen-bond acceptors (Lipinski definition) is 3. The first kappa shape index (κ1) is 18.6. The molecule has 1 saturated heterocycles. The van der Waals surface area contributed by atoms with E-state index >= 15 is 0 Å². The first-order valence-corrected chi connectivity index (χ1v) is 10.8. The molecule has 1 aliphatic carbocycles. The number of halogens is 1. The summed E-state index contributed by atoms with van der Waals surface area (Å²) in [6, 6.07) is 6.05. The third-order valence-corrected chi connectivity index (χ3v) is 6.21. The average Bonchev–Trinajstić information content (AvgIpc) is 3.07. The summed E-state index contributed by atoms with van der Waals surface area (Å²) >= 11 is 6.08. The number of anilines is 1. The van der Waals surface area contributed by atoms with Gasteiger partial charge in [-0.1, -0.05) is 43.7 Å². The van der Waals surface area contributed by atoms with Gasteiger partial charge in [-0.3, -0.25) is 4.79 Å². The highest BCUT2D eigenvalue weighted by molar-refractivity contribution is 6.31. The Kier molecular flexibility index (Phi) is 5.86. The number of aromatic amines is 1. The lowest BCUT2D eigenvalue weighted by atomic mass is 9.94. The van der Waals surface area contributed by atoms with Gasteiger partial charge in [-0.2, -0.15) is 0 Å². The molecule has 1 aromatic carbocycles. The van der Waals surface area contributed by atoms with Gasteiger partial charge in [-0.15, -0.1) is 0 Å². The molecular formula is C21H29ClN4O. The van der Waals surface area contributed by atoms with Crippen LogP contribution in [0.25, 0.3) is 11.0 Å². The van der Waals surface area contributed by atoms with Crippen LogP contribution in [0.1, 0.15) is 57.8 Å². The number of carbonyl (C=O) groups excluding carboxylic acids is 1. The molecular weight excluding hydrogens is 360 g/mol. The number of piperidine rings is 1. The molecule has 2 fully saturated rings. The lowest BCUT2D eigenvalue weighted by molar-refractivity contribution is -0.126. The number of benzene rings is 1. The standard InChI is InChI=1S/C21H29ClN4O/c22-16-10-11-18-19(13-16)25-21(24-18)26-12-6-7-15(14-26)20(27)23-17-8-4-2-1-3-5-9-17/h10-11,13,15,17H,1-9,12,14H2,(H,23,27)(H,24,25)/t15-/m0/s1. The Morgan fingerprint density at radius 2 is 1.89 bits per heavy atom. The highest BCUT2D eigenvalue weighted by atomic mass is 35.5. The van der Waals surface area contributed by atoms with Crippen LogP contribution in [-0.4, -0.2) is 35.0 Å². The van der Waals surface area contributed by atoms with Crippen LogP contribution in [0.4, 0.5) is 5.95 Å². The molecule has 1 aliphatic heterocycles. The molecule has 0 spiro atoms. The molecule has 1 amide bonds. The molecule has 0 unspecified atom stereocenters. The third-order valence-electron chi connectivity index (χ3n) is 5.97. The molecule has 5 nitrogen and oxygen atoms in total. The Hall–Kier alpha value is -1.75. The van der Waals surface area contributed by atoms with Crippen molar-refractivity contribution < 1.29 is 4.79 Å². The van der Waals surface area contributed by atoms with Crippen LogP contribution in [-0.2, 0) is 4.79 Å². The number of nitrogens with zero attached hydrogens (tertiary/aromatic N) is 2. The van der Waals surface area contributed by atoms with Crippen molar-refractivity contribution in [1.29, 1.82) is 0 Å². The van der Waals surface area contributed by atoms with E-state index < -0.39 is 0 Å². The predicted molar refractivity (Wildman–Crippen MR) is 110 cm³/mol. The molecule has 2 aromatic rings. The summed E-state index contributed by atoms with van der Waals surface area (Å²) in [6.07, 6.45) is 10.7. The lowest BCUT2D eigenvalue weighted by Crippen LogP contribution is -2.46. The highest BCUT2D eigenvalue weighted by Gasteiger charge is 2.28. The molecule has 2 aliphatic rings. The molecule has 2 N–H and O–H groups in total. The van der Waals surface area contributed by atoms with E-state index in [-0.39, 0.29) is 11.8 Å². The monoisotopic (exact) mass is 388 g/mol. The van der Waals surface area contributed by atoms with Crippen LogP contribution in [0.2, 0.25) is 5.02 Å². The Bertz CT molecular complexity index is 782. The van der Waals surface area contributed by atoms with Gasteiger partial charge in [-0.25, -0.2) is 4.98 Å². The molecule has 27 heavy (non-hydrogen) atoms. The number of imidazole rings is 1. The van der Waals surface area contributed by atoms with Gasteiger partial charge in [0.25, 0.3) is 0 Å². The molecule has 1 aromatic heterocycles. The van der Waals surface area contributed by atoms with Crippen molar-refractivity contribution in [1.82, 2.24) is 15.3 Å². The van der Waals surface area contributed by atoms with Gasteiger partial charge in [-0.05, 0) is 43.9 Å². The zero-order chi connectivity index (χ0) is 18.6. The van der Waals surface area contributed by atoms with Gasteiger partial charge >= 0.3 is 0 Å². The minimum atomic E-state index is 0.0426. The number of fused-ring (bicyclic) bond motifs is 1. The number of H-pyrrole nitrogens is 1. The maximum absolute atomic E-state index is 12.9. The van der Waals surface area contributed by atoms with Crippen molar-refractivity contribution >= 4 is 34.5 Å². The largest absolute Gasteiger partial charge is 0.353 e. The first-order valence-electron chi connectivity index (χ1n) is 10.4. The van der Waals surface area contributed by atoms with E-state index in [4.69, 9.17) is 11.6 Å². The van der Waals surface area contributed by atoms with Gasteiger partial charge in [0.15, 0.2) is 0 Å². The zero-order valence-electron chi connectivity index (χ0n) is 15.8. The van der Waals surface area contributed by atoms with Gasteiger partial charge in [0, 0.05) is 24.2 Å². The Balaban J connectivity index is 1.39. The second-order valence-corrected chi connectivity index (χ2v) is 8.49. The molecule has 6 heteroatoms. The Morgan fingerprint density at radius 3 is 2.70 bits per heavy atom. The summed E-state index contributed by atoms with van der Waals surface area (Å²) in [4.78, 5) is 23.1. The van der Waals surface area contributed by atoms with E-state index in [0.29, 0.717) is 11.1 Å². The molecule has 0 radical (unpaired) electrons. The van der Waals surface area contributed by atoms with Gasteiger partial charge in [0.2, 0.25) is 11.9 Å². The van der Waals surface area contributed by atoms with E-state index in [1.54, 1.807) is 0 Å². The van der Waals surface area contributed by atoms with Crippen LogP contribution < -0.4 is 10.2 Å². The van der Waals surface area contributed by atoms with Crippen molar-refractivity contribution in [3.63, 3.8) is 0 Å². The highest BCUT2D eigenvalue weighted by Crippen LogP contribution is 2.26. The van der Waals surface area contributed by atoms with E-state index in [9.17, 15) is 4.79 Å². The van der Waals surface area contributed by atoms with Gasteiger partial charge in [0.05, 0.1) is 17.0 Å². The number of aromatic nitrogens is 2. The summed E-state index contributed by atoms with van der Waals surface area (Å²) in [5, 5.41) is 4.05. The van der Waals surface area contributed by atoms with Crippen molar-refractivity contribution in [2.24, 2.45) is 5.92 Å². The van der Waals surface area contributed by atoms with Gasteiger partial charge in [0.1, 0.15) is 0 Å². The van der Waals surface area contributed by atoms with Crippen molar-refractivity contribution in [2.45, 2.75) is 63.8 Å². The number of rotatable bonds is 3. The second-order valence-electron chi connectivity index (χ2n) is 8.06. The van der Waals surface area contributed by atoms with E-state index in [1.165, 1.54) is 32.1 Å². The number of hydrogen-bond donors (Lipinski definition) is 2. The maximum atomic E-state index is 12.9. The third kappa shape index (κ3) is 4.57. The molecule has 0 bridgehead atoms. The average molecular weight is 389 g/mol. The van der Waals surface area contributed by atoms with Crippen LogP contribution in [0.3, 0.4) is 0 Å². The quantitative estimate of drug-likeness (QED) is 0.803. The summed E-state index contributed by atoms with van der Waals surface area (Å²) in [5.41, 5.74) is 1.86. The van der Waals surface area contributed by atoms with E-state index in [0.717, 1.165) is 55.8 Å². The predicted octanol–water partition coefficient (Wildman–Crippen LogP) is 4.66. The molecule has 1 atom stereocenters. The number of carbonyl (C=O) groups is 1. The van der Waals surface area contributed by atoms with E-state index in [2.05, 4.69) is 20.2 Å². The van der Waals surface area contributed by atoms with Crippen LogP contribution in [0.15, 0.2) is 18.2 Å². The molecule has 2 heterocycles. The Morgan fingerprint density at radius 1 is 1.11 bits per heavy atom. The van der Waals surface area contributed by atoms with Crippen molar-refractivity contribution in [3.8, 4) is 0 Å². The molecule has 1 saturated carbocycles. The normalized spacial score (nSPS) is 22.4. The van der Waals surface area contributed by atoms with Crippen LogP contribution in [0, 0.1) is 5.92 Å². The maximum Gasteiger partial charge on any atom is 0.225 e. The van der Waals surface area contributed by atoms with Crippen LogP contribution >= 0.6 is 11.6 Å². The minimum Gasteiger partial charge on any atom is -0.353 e. The summed E-state index contributed by atoms with van der Waals surface area (Å²) < 4.78 is 0. The number of amides is 1. The minimum absolute atomic E-state index is 0.0426. The van der Waals surface area contributed by atoms with Crippen molar-refractivity contribution in [3.05, 3.63) is 23.2 Å². The van der Waals surface area contributed by atoms with E-state index in [1.807, 2.05) is 18.2 Å². The summed E-state index contributed by atoms with van der Waals surface area (Å²) in [7, 11) is 0. The molecule has 4 rings (SSSR count). The fourth-order valence-corrected chi connectivity index (χ4v) is 4.59. The van der Waals surface area contributed by atoms with Crippen molar-refractivity contribution in [2.75, 3.05) is 18.0 Å². The topological polar surface area (TPSA) is 61.0 Å². The Labute approximate surface area is 165 Å². The fourth-order valence-electron chi connectivity index (χ4n) is 4.42. The number of nitrogens with one attached hydrogen (secondary N) is 2. The van der Waals surface area contributed by atoms with Gasteiger partial charge < -0.3 is 15.2 Å². The first-order chi connectivity index (χ1) is 13.2. The zero-order valence-corrected chi connectivity index (χ0v) is 16.6. The molecule has 146 valence electrons. The SMILES string of the molecule is O=C(NC1CCCCCCC1)[C@H]1CCCN(c2nc3ccc(Cl)cc3[nH]2)C1. The van der Waals surface area contributed by atoms with Crippen LogP contribution in [0.5, 0.6) is 0 Å². The summed E-state index contributed by atoms with van der Waals surface area (Å²) in [6.45, 7) is 1.66. The smallest absolute Gasteiger partial charge is 0.225 e.